The van der Waals surface area contributed by atoms with Gasteiger partial charge in [0, 0.05) is 29.8 Å². The van der Waals surface area contributed by atoms with Crippen molar-refractivity contribution >= 4 is 39.1 Å². The Morgan fingerprint density at radius 1 is 1.14 bits per heavy atom. The van der Waals surface area contributed by atoms with Gasteiger partial charge in [-0.05, 0) is 25.5 Å². The smallest absolute Gasteiger partial charge is 0.365 e. The number of carbonyl (C=O) groups excluding carboxylic acids is 2. The molecule has 9 nitrogen and oxygen atoms in total. The molecule has 0 spiro atoms. The van der Waals surface area contributed by atoms with Crippen LogP contribution in [0.3, 0.4) is 0 Å². The van der Waals surface area contributed by atoms with Gasteiger partial charge in [-0.2, -0.15) is 36.5 Å². The average Bonchev–Trinajstić information content (AvgIpc) is 3.49. The number of halogens is 6. The van der Waals surface area contributed by atoms with Crippen LogP contribution in [0.4, 0.5) is 32.0 Å². The predicted molar refractivity (Wildman–Crippen MR) is 116 cm³/mol. The number of nitrogens with zero attached hydrogens (tertiary/aromatic N) is 4. The Bertz CT molecular complexity index is 1500. The van der Waals surface area contributed by atoms with E-state index in [-0.39, 0.29) is 31.9 Å². The number of pyridine rings is 1. The van der Waals surface area contributed by atoms with E-state index >= 15 is 0 Å². The number of hydrogen-bond acceptors (Lipinski definition) is 6. The molecule has 0 aliphatic heterocycles. The maximum absolute atomic E-state index is 13.6. The summed E-state index contributed by atoms with van der Waals surface area (Å²) < 4.78 is 81.1. The zero-order valence-electron chi connectivity index (χ0n) is 18.3. The van der Waals surface area contributed by atoms with E-state index in [9.17, 15) is 35.9 Å². The van der Waals surface area contributed by atoms with Crippen LogP contribution in [0.25, 0.3) is 21.3 Å². The second-order valence-electron chi connectivity index (χ2n) is 7.51. The summed E-state index contributed by atoms with van der Waals surface area (Å²) in [5, 5.41) is 11.5. The Kier molecular flexibility index (Phi) is 6.02. The highest BCUT2D eigenvalue weighted by Crippen LogP contribution is 2.44. The number of aromatic nitrogens is 5. The van der Waals surface area contributed by atoms with Crippen LogP contribution >= 0.6 is 11.3 Å². The highest BCUT2D eigenvalue weighted by atomic mass is 32.1. The number of primary amides is 1. The number of anilines is 1. The molecule has 16 heteroatoms. The van der Waals surface area contributed by atoms with E-state index in [1.54, 1.807) is 18.9 Å². The maximum Gasteiger partial charge on any atom is 0.433 e. The summed E-state index contributed by atoms with van der Waals surface area (Å²) in [6, 6.07) is 1.19. The molecule has 4 heterocycles. The summed E-state index contributed by atoms with van der Waals surface area (Å²) in [5.41, 5.74) is 2.44. The van der Waals surface area contributed by atoms with Crippen LogP contribution in [0.1, 0.15) is 44.2 Å². The Morgan fingerprint density at radius 2 is 1.83 bits per heavy atom. The van der Waals surface area contributed by atoms with Crippen LogP contribution in [0.5, 0.6) is 0 Å². The van der Waals surface area contributed by atoms with Crippen molar-refractivity contribution in [2.24, 2.45) is 5.73 Å². The van der Waals surface area contributed by atoms with Gasteiger partial charge in [-0.25, -0.2) is 4.98 Å². The largest absolute Gasteiger partial charge is 0.433 e. The van der Waals surface area contributed by atoms with Gasteiger partial charge in [0.2, 0.25) is 0 Å². The first-order chi connectivity index (χ1) is 16.7. The molecular formula is C20H15F6N7O2S. The minimum Gasteiger partial charge on any atom is -0.365 e. The Morgan fingerprint density at radius 3 is 2.36 bits per heavy atom. The third-order valence-corrected chi connectivity index (χ3v) is 6.19. The topological polar surface area (TPSA) is 132 Å². The minimum atomic E-state index is -4.85. The highest BCUT2D eigenvalue weighted by Gasteiger charge is 2.36. The predicted octanol–water partition coefficient (Wildman–Crippen LogP) is 4.60. The molecule has 0 atom stereocenters. The summed E-state index contributed by atoms with van der Waals surface area (Å²) in [5.74, 6) is -2.25. The number of alkyl halides is 6. The molecule has 0 aliphatic carbocycles. The zero-order valence-corrected chi connectivity index (χ0v) is 19.1. The van der Waals surface area contributed by atoms with Crippen molar-refractivity contribution in [1.29, 1.82) is 0 Å². The first kappa shape index (κ1) is 25.2. The van der Waals surface area contributed by atoms with Crippen LogP contribution in [-0.4, -0.2) is 36.8 Å². The van der Waals surface area contributed by atoms with Crippen molar-refractivity contribution in [3.05, 3.63) is 46.0 Å². The fraction of sp³-hybridized carbons (Fsp3) is 0.250. The Balaban J connectivity index is 1.95. The van der Waals surface area contributed by atoms with E-state index in [1.165, 1.54) is 10.9 Å². The summed E-state index contributed by atoms with van der Waals surface area (Å²) in [6.07, 6.45) is -8.16. The van der Waals surface area contributed by atoms with Crippen LogP contribution in [0.2, 0.25) is 0 Å². The van der Waals surface area contributed by atoms with Crippen LogP contribution < -0.4 is 11.1 Å². The normalized spacial score (nSPS) is 12.3. The molecule has 0 aromatic carbocycles. The van der Waals surface area contributed by atoms with Gasteiger partial charge in [0.15, 0.2) is 5.69 Å². The number of carbonyl (C=O) groups is 2. The van der Waals surface area contributed by atoms with E-state index in [0.29, 0.717) is 29.6 Å². The number of rotatable bonds is 5. The van der Waals surface area contributed by atoms with Crippen LogP contribution in [-0.2, 0) is 18.9 Å². The molecule has 0 fully saturated rings. The second kappa shape index (κ2) is 8.61. The first-order valence-electron chi connectivity index (χ1n) is 10.0. The lowest BCUT2D eigenvalue weighted by molar-refractivity contribution is -0.141. The van der Waals surface area contributed by atoms with Crippen molar-refractivity contribution in [1.82, 2.24) is 25.0 Å². The molecule has 0 radical (unpaired) electrons. The molecule has 36 heavy (non-hydrogen) atoms. The van der Waals surface area contributed by atoms with Crippen LogP contribution in [0.15, 0.2) is 18.3 Å². The average molecular weight is 531 g/mol. The molecule has 0 unspecified atom stereocenters. The maximum atomic E-state index is 13.6. The van der Waals surface area contributed by atoms with Gasteiger partial charge in [0.1, 0.15) is 21.1 Å². The number of fused-ring (bicyclic) bond motifs is 1. The molecular weight excluding hydrogens is 516 g/mol. The van der Waals surface area contributed by atoms with E-state index in [0.717, 1.165) is 6.07 Å². The zero-order chi connectivity index (χ0) is 26.6. The Hall–Kier alpha value is -3.95. The summed E-state index contributed by atoms with van der Waals surface area (Å²) in [4.78, 5) is 27.9. The Labute approximate surface area is 201 Å². The van der Waals surface area contributed by atoms with Gasteiger partial charge in [-0.1, -0.05) is 0 Å². The van der Waals surface area contributed by atoms with Crippen molar-refractivity contribution < 1.29 is 35.9 Å². The molecule has 4 aromatic rings. The SMILES string of the molecule is CCn1cc(-c2cc(C(F)(F)F)nc3sc(C(N)=O)c(NC(=O)c4cc(C(F)(F)F)[nH]n4)c23)c(C)n1. The van der Waals surface area contributed by atoms with Gasteiger partial charge in [-0.15, -0.1) is 11.3 Å². The molecule has 2 amide bonds. The number of H-pyrrole nitrogens is 1. The van der Waals surface area contributed by atoms with Gasteiger partial charge >= 0.3 is 12.4 Å². The summed E-state index contributed by atoms with van der Waals surface area (Å²) >= 11 is 0.500. The molecule has 0 bridgehead atoms. The van der Waals surface area contributed by atoms with E-state index in [4.69, 9.17) is 5.73 Å². The molecule has 190 valence electrons. The number of aromatic amines is 1. The number of nitrogens with one attached hydrogen (secondary N) is 2. The fourth-order valence-corrected chi connectivity index (χ4v) is 4.46. The summed E-state index contributed by atoms with van der Waals surface area (Å²) in [7, 11) is 0. The lowest BCUT2D eigenvalue weighted by atomic mass is 10.0. The van der Waals surface area contributed by atoms with E-state index in [2.05, 4.69) is 20.5 Å². The monoisotopic (exact) mass is 531 g/mol. The van der Waals surface area contributed by atoms with Crippen molar-refractivity contribution in [2.45, 2.75) is 32.7 Å². The van der Waals surface area contributed by atoms with Crippen molar-refractivity contribution in [3.63, 3.8) is 0 Å². The lowest BCUT2D eigenvalue weighted by Gasteiger charge is -2.11. The van der Waals surface area contributed by atoms with Gasteiger partial charge in [0.05, 0.1) is 11.4 Å². The number of thiophene rings is 1. The highest BCUT2D eigenvalue weighted by molar-refractivity contribution is 7.21. The second-order valence-corrected chi connectivity index (χ2v) is 8.51. The third-order valence-electron chi connectivity index (χ3n) is 5.09. The number of amides is 2. The minimum absolute atomic E-state index is 0.0541. The number of aryl methyl sites for hydroxylation is 2. The molecule has 0 aliphatic rings. The molecule has 4 aromatic heterocycles. The third kappa shape index (κ3) is 4.50. The van der Waals surface area contributed by atoms with Crippen LogP contribution in [0, 0.1) is 6.92 Å². The van der Waals surface area contributed by atoms with Crippen molar-refractivity contribution in [3.8, 4) is 11.1 Å². The molecule has 0 saturated heterocycles. The summed E-state index contributed by atoms with van der Waals surface area (Å²) in [6.45, 7) is 3.73. The van der Waals surface area contributed by atoms with E-state index < -0.39 is 41.2 Å². The van der Waals surface area contributed by atoms with E-state index in [1.807, 2.05) is 0 Å². The molecule has 4 N–H and O–H groups in total. The van der Waals surface area contributed by atoms with Gasteiger partial charge < -0.3 is 11.1 Å². The molecule has 0 saturated carbocycles. The van der Waals surface area contributed by atoms with Crippen molar-refractivity contribution in [2.75, 3.05) is 5.32 Å². The first-order valence-corrected chi connectivity index (χ1v) is 10.8. The molecule has 4 rings (SSSR count). The van der Waals surface area contributed by atoms with Gasteiger partial charge in [0.25, 0.3) is 11.8 Å². The quantitative estimate of drug-likeness (QED) is 0.324. The fourth-order valence-electron chi connectivity index (χ4n) is 3.45. The lowest BCUT2D eigenvalue weighted by Crippen LogP contribution is -2.17. The van der Waals surface area contributed by atoms with Gasteiger partial charge in [-0.3, -0.25) is 19.4 Å². The number of nitrogens with two attached hydrogens (primary N) is 1. The number of hydrogen-bond donors (Lipinski definition) is 3. The standard InChI is InChI=1S/C20H15F6N7O2S/c1-3-33-6-9(7(2)32-33)8-4-11(19(21,22)23)28-18-13(8)14(15(36-18)16(27)34)29-17(35)10-5-12(31-30-10)20(24,25)26/h4-6H,3H2,1-2H3,(H2,27,34)(H,29,35)(H,30,31).